The van der Waals surface area contributed by atoms with Gasteiger partial charge < -0.3 is 23.7 Å². The van der Waals surface area contributed by atoms with Crippen molar-refractivity contribution >= 4 is 0 Å². The summed E-state index contributed by atoms with van der Waals surface area (Å²) in [6, 6.07) is 25.8. The van der Waals surface area contributed by atoms with Crippen molar-refractivity contribution in [2.45, 2.75) is 0 Å². The molecule has 5 heteroatoms. The Labute approximate surface area is 200 Å². The van der Waals surface area contributed by atoms with Gasteiger partial charge >= 0.3 is 0 Å². The predicted octanol–water partition coefficient (Wildman–Crippen LogP) is 6.73. The molecule has 0 aliphatic rings. The molecule has 0 fully saturated rings. The van der Waals surface area contributed by atoms with Gasteiger partial charge in [-0.3, -0.25) is 0 Å². The van der Waals surface area contributed by atoms with E-state index >= 15 is 0 Å². The van der Waals surface area contributed by atoms with Crippen LogP contribution in [0.3, 0.4) is 0 Å². The van der Waals surface area contributed by atoms with Crippen LogP contribution in [-0.2, 0) is 0 Å². The zero-order valence-electron chi connectivity index (χ0n) is 20.0. The van der Waals surface area contributed by atoms with Crippen LogP contribution in [0.2, 0.25) is 0 Å². The van der Waals surface area contributed by atoms with Gasteiger partial charge in [-0.15, -0.1) is 0 Å². The zero-order valence-corrected chi connectivity index (χ0v) is 20.0. The Kier molecular flexibility index (Phi) is 6.93. The third kappa shape index (κ3) is 4.37. The van der Waals surface area contributed by atoms with Crippen LogP contribution in [0.15, 0.2) is 78.9 Å². The van der Waals surface area contributed by atoms with Gasteiger partial charge in [0.2, 0.25) is 0 Å². The molecular weight excluding hydrogens is 428 g/mol. The van der Waals surface area contributed by atoms with Crippen LogP contribution in [0.5, 0.6) is 28.7 Å². The van der Waals surface area contributed by atoms with Gasteiger partial charge in [0.1, 0.15) is 28.7 Å². The SMILES string of the molecule is COc1ccc(-c2cc(OC)c(-c3ccc(OC)cc3)c(-c3ccc(OC)cc3)c2OC)cc1. The lowest BCUT2D eigenvalue weighted by Crippen LogP contribution is -1.99. The topological polar surface area (TPSA) is 46.2 Å². The molecule has 0 aliphatic carbocycles. The lowest BCUT2D eigenvalue weighted by molar-refractivity contribution is 0.407. The van der Waals surface area contributed by atoms with Crippen molar-refractivity contribution in [3.8, 4) is 62.1 Å². The maximum absolute atomic E-state index is 6.06. The third-order valence-corrected chi connectivity index (χ3v) is 5.83. The van der Waals surface area contributed by atoms with Gasteiger partial charge in [-0.1, -0.05) is 36.4 Å². The van der Waals surface area contributed by atoms with Crippen molar-refractivity contribution in [2.75, 3.05) is 35.5 Å². The van der Waals surface area contributed by atoms with E-state index in [0.29, 0.717) is 0 Å². The summed E-state index contributed by atoms with van der Waals surface area (Å²) in [5.74, 6) is 3.85. The first kappa shape index (κ1) is 23.1. The van der Waals surface area contributed by atoms with Crippen LogP contribution in [-0.4, -0.2) is 35.5 Å². The van der Waals surface area contributed by atoms with E-state index in [4.69, 9.17) is 23.7 Å². The van der Waals surface area contributed by atoms with Crippen LogP contribution in [0.1, 0.15) is 0 Å². The van der Waals surface area contributed by atoms with E-state index in [0.717, 1.165) is 62.1 Å². The molecule has 0 radical (unpaired) electrons. The molecule has 0 saturated carbocycles. The minimum absolute atomic E-state index is 0.739. The molecular formula is C29H28O5. The van der Waals surface area contributed by atoms with E-state index in [1.54, 1.807) is 35.5 Å². The van der Waals surface area contributed by atoms with Gasteiger partial charge in [0.15, 0.2) is 0 Å². The first-order valence-corrected chi connectivity index (χ1v) is 10.9. The molecule has 4 aromatic rings. The second-order valence-corrected chi connectivity index (χ2v) is 7.60. The molecule has 0 bridgehead atoms. The molecule has 5 nitrogen and oxygen atoms in total. The lowest BCUT2D eigenvalue weighted by atomic mass is 9.88. The van der Waals surface area contributed by atoms with Gasteiger partial charge in [0.25, 0.3) is 0 Å². The second kappa shape index (κ2) is 10.2. The van der Waals surface area contributed by atoms with Gasteiger partial charge in [-0.2, -0.15) is 0 Å². The van der Waals surface area contributed by atoms with E-state index in [2.05, 4.69) is 0 Å². The molecule has 4 rings (SSSR count). The first-order chi connectivity index (χ1) is 16.6. The maximum Gasteiger partial charge on any atom is 0.135 e. The minimum Gasteiger partial charge on any atom is -0.497 e. The van der Waals surface area contributed by atoms with Crippen LogP contribution in [0.25, 0.3) is 33.4 Å². The highest BCUT2D eigenvalue weighted by atomic mass is 16.5. The molecule has 0 aromatic heterocycles. The van der Waals surface area contributed by atoms with E-state index in [-0.39, 0.29) is 0 Å². The fourth-order valence-corrected chi connectivity index (χ4v) is 4.08. The van der Waals surface area contributed by atoms with Crippen molar-refractivity contribution < 1.29 is 23.7 Å². The summed E-state index contributed by atoms with van der Waals surface area (Å²) in [6.45, 7) is 0. The molecule has 4 aromatic carbocycles. The van der Waals surface area contributed by atoms with Gasteiger partial charge in [0, 0.05) is 16.7 Å². The zero-order chi connectivity index (χ0) is 24.1. The molecule has 0 N–H and O–H groups in total. The summed E-state index contributed by atoms with van der Waals surface area (Å²) in [5, 5.41) is 0. The number of hydrogen-bond acceptors (Lipinski definition) is 5. The van der Waals surface area contributed by atoms with Crippen molar-refractivity contribution in [3.63, 3.8) is 0 Å². The van der Waals surface area contributed by atoms with Crippen LogP contribution >= 0.6 is 0 Å². The van der Waals surface area contributed by atoms with Crippen molar-refractivity contribution in [3.05, 3.63) is 78.9 Å². The highest BCUT2D eigenvalue weighted by molar-refractivity contribution is 5.97. The first-order valence-electron chi connectivity index (χ1n) is 10.9. The van der Waals surface area contributed by atoms with Crippen LogP contribution < -0.4 is 23.7 Å². The number of hydrogen-bond donors (Lipinski definition) is 0. The summed E-state index contributed by atoms with van der Waals surface area (Å²) < 4.78 is 28.1. The molecule has 0 saturated heterocycles. The predicted molar refractivity (Wildman–Crippen MR) is 136 cm³/mol. The van der Waals surface area contributed by atoms with Gasteiger partial charge in [-0.25, -0.2) is 0 Å². The molecule has 0 atom stereocenters. The summed E-state index contributed by atoms with van der Waals surface area (Å²) in [6.07, 6.45) is 0. The monoisotopic (exact) mass is 456 g/mol. The van der Waals surface area contributed by atoms with Crippen LogP contribution in [0, 0.1) is 0 Å². The van der Waals surface area contributed by atoms with Crippen molar-refractivity contribution in [1.82, 2.24) is 0 Å². The van der Waals surface area contributed by atoms with Gasteiger partial charge in [-0.05, 0) is 59.2 Å². The number of benzene rings is 4. The van der Waals surface area contributed by atoms with Crippen molar-refractivity contribution in [2.24, 2.45) is 0 Å². The molecule has 0 spiro atoms. The average Bonchev–Trinajstić information content (AvgIpc) is 2.92. The smallest absolute Gasteiger partial charge is 0.135 e. The summed E-state index contributed by atoms with van der Waals surface area (Å²) in [7, 11) is 8.35. The normalized spacial score (nSPS) is 10.5. The highest BCUT2D eigenvalue weighted by Crippen LogP contribution is 2.50. The summed E-state index contributed by atoms with van der Waals surface area (Å²) in [5.41, 5.74) is 5.75. The minimum atomic E-state index is 0.739. The summed E-state index contributed by atoms with van der Waals surface area (Å²) in [4.78, 5) is 0. The van der Waals surface area contributed by atoms with E-state index < -0.39 is 0 Å². The molecule has 0 amide bonds. The molecule has 174 valence electrons. The Morgan fingerprint density at radius 2 is 0.824 bits per heavy atom. The Bertz CT molecular complexity index is 1240. The Morgan fingerprint density at radius 1 is 0.412 bits per heavy atom. The molecule has 0 unspecified atom stereocenters. The summed E-state index contributed by atoms with van der Waals surface area (Å²) >= 11 is 0. The largest absolute Gasteiger partial charge is 0.497 e. The number of ether oxygens (including phenoxy) is 5. The van der Waals surface area contributed by atoms with E-state index in [1.807, 2.05) is 78.9 Å². The number of rotatable bonds is 8. The number of methoxy groups -OCH3 is 5. The average molecular weight is 457 g/mol. The lowest BCUT2D eigenvalue weighted by Gasteiger charge is -2.22. The van der Waals surface area contributed by atoms with E-state index in [1.165, 1.54) is 0 Å². The Balaban J connectivity index is 2.04. The van der Waals surface area contributed by atoms with Crippen LogP contribution in [0.4, 0.5) is 0 Å². The fraction of sp³-hybridized carbons (Fsp3) is 0.172. The van der Waals surface area contributed by atoms with E-state index in [9.17, 15) is 0 Å². The third-order valence-electron chi connectivity index (χ3n) is 5.83. The Morgan fingerprint density at radius 3 is 1.21 bits per heavy atom. The second-order valence-electron chi connectivity index (χ2n) is 7.60. The molecule has 34 heavy (non-hydrogen) atoms. The Hall–Kier alpha value is -4.12. The standard InChI is InChI=1S/C29H28O5/c1-30-22-12-6-19(7-13-22)25-18-26(33-4)27(20-8-14-23(31-2)15-9-20)28(29(25)34-5)21-10-16-24(32-3)17-11-21/h6-18H,1-5H3. The fourth-order valence-electron chi connectivity index (χ4n) is 4.08. The maximum atomic E-state index is 6.06. The molecule has 0 heterocycles. The van der Waals surface area contributed by atoms with Crippen molar-refractivity contribution in [1.29, 1.82) is 0 Å². The van der Waals surface area contributed by atoms with Gasteiger partial charge in [0.05, 0.1) is 35.5 Å². The quantitative estimate of drug-likeness (QED) is 0.294. The highest BCUT2D eigenvalue weighted by Gasteiger charge is 2.23. The molecule has 0 aliphatic heterocycles.